The Balaban J connectivity index is 1.55. The Kier molecular flexibility index (Phi) is 3.86. The zero-order chi connectivity index (χ0) is 21.2. The normalized spacial score (nSPS) is 16.1. The molecule has 6 rings (SSSR count). The average Bonchev–Trinajstić information content (AvgIpc) is 2.79. The second-order valence-corrected chi connectivity index (χ2v) is 9.31. The topological polar surface area (TPSA) is 17.1 Å². The van der Waals surface area contributed by atoms with Crippen molar-refractivity contribution < 1.29 is 4.79 Å². The van der Waals surface area contributed by atoms with Crippen molar-refractivity contribution in [2.24, 2.45) is 0 Å². The number of hydrogen-bond acceptors (Lipinski definition) is 1. The summed E-state index contributed by atoms with van der Waals surface area (Å²) in [4.78, 5) is 13.1. The Bertz CT molecular complexity index is 1310. The van der Waals surface area contributed by atoms with Gasteiger partial charge in [0.2, 0.25) is 0 Å². The predicted molar refractivity (Wildman–Crippen MR) is 125 cm³/mol. The quantitative estimate of drug-likeness (QED) is 0.308. The molecule has 1 heteroatoms. The minimum absolute atomic E-state index is 0.0349. The van der Waals surface area contributed by atoms with Gasteiger partial charge < -0.3 is 0 Å². The lowest BCUT2D eigenvalue weighted by atomic mass is 9.63. The van der Waals surface area contributed by atoms with Gasteiger partial charge in [-0.25, -0.2) is 0 Å². The smallest absolute Gasteiger partial charge is 0.193 e. The molecule has 0 atom stereocenters. The van der Waals surface area contributed by atoms with Crippen LogP contribution >= 0.6 is 0 Å². The summed E-state index contributed by atoms with van der Waals surface area (Å²) < 4.78 is 0. The van der Waals surface area contributed by atoms with Crippen LogP contribution in [0.25, 0.3) is 0 Å². The molecule has 0 aromatic heterocycles. The van der Waals surface area contributed by atoms with Crippen molar-refractivity contribution in [3.05, 3.63) is 141 Å². The predicted octanol–water partition coefficient (Wildman–Crippen LogP) is 6.64. The van der Waals surface area contributed by atoms with E-state index in [1.165, 1.54) is 27.8 Å². The van der Waals surface area contributed by atoms with E-state index in [0.717, 1.165) is 28.7 Å². The first-order valence-corrected chi connectivity index (χ1v) is 11.0. The molecule has 0 fully saturated rings. The van der Waals surface area contributed by atoms with Crippen LogP contribution in [0.1, 0.15) is 74.6 Å². The molecule has 0 heterocycles. The van der Waals surface area contributed by atoms with Gasteiger partial charge >= 0.3 is 0 Å². The van der Waals surface area contributed by atoms with Gasteiger partial charge in [0.05, 0.1) is 0 Å². The van der Waals surface area contributed by atoms with Gasteiger partial charge in [0, 0.05) is 22.5 Å². The molecular weight excluding hydrogens is 376 g/mol. The number of carbonyl (C=O) groups excluding carboxylic acids is 1. The molecule has 0 radical (unpaired) electrons. The number of rotatable bonds is 1. The lowest BCUT2D eigenvalue weighted by Gasteiger charge is -2.40. The monoisotopic (exact) mass is 400 g/mol. The fourth-order valence-corrected chi connectivity index (χ4v) is 5.71. The third kappa shape index (κ3) is 2.59. The van der Waals surface area contributed by atoms with Crippen molar-refractivity contribution >= 4 is 5.78 Å². The van der Waals surface area contributed by atoms with Gasteiger partial charge in [-0.05, 0) is 45.4 Å². The van der Waals surface area contributed by atoms with Crippen LogP contribution in [0.5, 0.6) is 0 Å². The molecule has 0 amide bonds. The van der Waals surface area contributed by atoms with Crippen molar-refractivity contribution in [1.82, 2.24) is 0 Å². The highest BCUT2D eigenvalue weighted by atomic mass is 16.1. The third-order valence-corrected chi connectivity index (χ3v) is 7.24. The van der Waals surface area contributed by atoms with Crippen molar-refractivity contribution in [3.63, 3.8) is 0 Å². The highest BCUT2D eigenvalue weighted by Gasteiger charge is 2.38. The van der Waals surface area contributed by atoms with Gasteiger partial charge in [-0.1, -0.05) is 105 Å². The van der Waals surface area contributed by atoms with E-state index in [4.69, 9.17) is 0 Å². The van der Waals surface area contributed by atoms with Crippen LogP contribution < -0.4 is 0 Å². The molecule has 1 nitrogen and oxygen atoms in total. The maximum Gasteiger partial charge on any atom is 0.193 e. The number of hydrogen-bond donors (Lipinski definition) is 0. The van der Waals surface area contributed by atoms with Crippen molar-refractivity contribution in [1.29, 1.82) is 0 Å². The number of benzene rings is 4. The van der Waals surface area contributed by atoms with E-state index in [9.17, 15) is 4.79 Å². The summed E-state index contributed by atoms with van der Waals surface area (Å²) in [7, 11) is 0. The number of fused-ring (bicyclic) bond motifs is 4. The van der Waals surface area contributed by atoms with E-state index in [1.54, 1.807) is 0 Å². The summed E-state index contributed by atoms with van der Waals surface area (Å²) in [6, 6.07) is 32.2. The van der Waals surface area contributed by atoms with Crippen molar-refractivity contribution in [2.45, 2.75) is 31.6 Å². The van der Waals surface area contributed by atoms with E-state index in [0.29, 0.717) is 0 Å². The summed E-state index contributed by atoms with van der Waals surface area (Å²) >= 11 is 0. The van der Waals surface area contributed by atoms with Gasteiger partial charge in [0.15, 0.2) is 5.78 Å². The Morgan fingerprint density at radius 3 is 1.97 bits per heavy atom. The Morgan fingerprint density at radius 2 is 1.26 bits per heavy atom. The standard InChI is InChI=1S/C30H24O/c1-30(2)26-13-7-5-11-24(26)28(25-12-6-8-14-27(25)30)20-15-16-23-21(18-20)17-19-9-3-4-10-22(19)29(23)31/h3-16,18,28H,17H2,1-2H3. The van der Waals surface area contributed by atoms with Gasteiger partial charge in [-0.15, -0.1) is 0 Å². The zero-order valence-corrected chi connectivity index (χ0v) is 17.9. The minimum atomic E-state index is -0.0349. The van der Waals surface area contributed by atoms with E-state index in [1.807, 2.05) is 24.3 Å². The van der Waals surface area contributed by atoms with Crippen LogP contribution in [0.4, 0.5) is 0 Å². The number of ketones is 1. The Morgan fingerprint density at radius 1 is 0.677 bits per heavy atom. The van der Waals surface area contributed by atoms with Crippen LogP contribution in [-0.2, 0) is 11.8 Å². The number of carbonyl (C=O) groups is 1. The highest BCUT2D eigenvalue weighted by Crippen LogP contribution is 2.49. The summed E-state index contributed by atoms with van der Waals surface area (Å²) in [6.07, 6.45) is 0.812. The van der Waals surface area contributed by atoms with E-state index >= 15 is 0 Å². The van der Waals surface area contributed by atoms with Crippen LogP contribution in [0.3, 0.4) is 0 Å². The molecule has 4 aromatic rings. The molecule has 0 bridgehead atoms. The van der Waals surface area contributed by atoms with Crippen LogP contribution in [-0.4, -0.2) is 5.78 Å². The Hall–Kier alpha value is -3.45. The molecule has 150 valence electrons. The average molecular weight is 401 g/mol. The second kappa shape index (κ2) is 6.52. The first kappa shape index (κ1) is 18.3. The molecule has 2 aliphatic carbocycles. The molecule has 0 aliphatic heterocycles. The summed E-state index contributed by atoms with van der Waals surface area (Å²) in [5.41, 5.74) is 10.7. The molecule has 4 aromatic carbocycles. The first-order chi connectivity index (χ1) is 15.1. The van der Waals surface area contributed by atoms with E-state index in [-0.39, 0.29) is 17.1 Å². The fourth-order valence-electron chi connectivity index (χ4n) is 5.71. The van der Waals surface area contributed by atoms with E-state index in [2.05, 4.69) is 80.6 Å². The summed E-state index contributed by atoms with van der Waals surface area (Å²) in [5, 5.41) is 0. The lowest BCUT2D eigenvalue weighted by Crippen LogP contribution is -2.29. The van der Waals surface area contributed by atoms with Gasteiger partial charge in [0.25, 0.3) is 0 Å². The molecule has 0 saturated carbocycles. The molecule has 0 spiro atoms. The summed E-state index contributed by atoms with van der Waals surface area (Å²) in [6.45, 7) is 4.65. The molecule has 0 N–H and O–H groups in total. The van der Waals surface area contributed by atoms with Crippen LogP contribution in [0.2, 0.25) is 0 Å². The zero-order valence-electron chi connectivity index (χ0n) is 17.9. The maximum atomic E-state index is 13.1. The largest absolute Gasteiger partial charge is 0.289 e. The third-order valence-electron chi connectivity index (χ3n) is 7.24. The van der Waals surface area contributed by atoms with Gasteiger partial charge in [-0.3, -0.25) is 4.79 Å². The molecule has 31 heavy (non-hydrogen) atoms. The van der Waals surface area contributed by atoms with Gasteiger partial charge in [0.1, 0.15) is 0 Å². The minimum Gasteiger partial charge on any atom is -0.289 e. The van der Waals surface area contributed by atoms with Crippen molar-refractivity contribution in [3.8, 4) is 0 Å². The Labute approximate surface area is 183 Å². The van der Waals surface area contributed by atoms with E-state index < -0.39 is 0 Å². The maximum absolute atomic E-state index is 13.1. The molecule has 0 unspecified atom stereocenters. The van der Waals surface area contributed by atoms with Crippen LogP contribution in [0.15, 0.2) is 91.0 Å². The second-order valence-electron chi connectivity index (χ2n) is 9.31. The van der Waals surface area contributed by atoms with Crippen LogP contribution in [0, 0.1) is 0 Å². The fraction of sp³-hybridized carbons (Fsp3) is 0.167. The van der Waals surface area contributed by atoms with Gasteiger partial charge in [-0.2, -0.15) is 0 Å². The lowest BCUT2D eigenvalue weighted by molar-refractivity contribution is 0.103. The van der Waals surface area contributed by atoms with Crippen molar-refractivity contribution in [2.75, 3.05) is 0 Å². The first-order valence-electron chi connectivity index (χ1n) is 11.0. The molecular formula is C30H24O. The molecule has 0 saturated heterocycles. The summed E-state index contributed by atoms with van der Waals surface area (Å²) in [5.74, 6) is 0.326. The SMILES string of the molecule is CC1(C)c2ccccc2C(c2ccc3c(c2)Cc2ccccc2C3=O)c2ccccc21. The highest BCUT2D eigenvalue weighted by molar-refractivity contribution is 6.12. The molecule has 2 aliphatic rings.